The number of nitrogens with one attached hydrogen (secondary N) is 1. The molecule has 0 aliphatic heterocycles. The molecule has 0 saturated heterocycles. The minimum atomic E-state index is -0.135. The smallest absolute Gasteiger partial charge is 0.194 e. The Kier molecular flexibility index (Phi) is 3.41. The number of hydrogen-bond acceptors (Lipinski definition) is 2. The van der Waals surface area contributed by atoms with E-state index in [1.54, 1.807) is 24.3 Å². The van der Waals surface area contributed by atoms with Gasteiger partial charge in [-0.15, -0.1) is 0 Å². The van der Waals surface area contributed by atoms with Crippen molar-refractivity contribution in [2.45, 2.75) is 0 Å². The van der Waals surface area contributed by atoms with Gasteiger partial charge >= 0.3 is 0 Å². The van der Waals surface area contributed by atoms with E-state index in [4.69, 9.17) is 0 Å². The molecule has 1 aliphatic rings. The van der Waals surface area contributed by atoms with Gasteiger partial charge in [0.05, 0.1) is 5.69 Å². The average molecular weight is 349 g/mol. The number of H-pyrrole nitrogens is 1. The molecule has 0 spiro atoms. The number of allylic oxidation sites excluding steroid dienone is 2. The Labute approximate surface area is 156 Å². The van der Waals surface area contributed by atoms with E-state index >= 15 is 0 Å². The molecule has 1 aromatic heterocycles. The lowest BCUT2D eigenvalue weighted by Gasteiger charge is -2.16. The number of fused-ring (bicyclic) bond motifs is 2. The molecule has 1 N–H and O–H groups in total. The fraction of sp³-hybridized carbons (Fsp3) is 0. The number of benzene rings is 3. The topological polar surface area (TPSA) is 49.9 Å². The third kappa shape index (κ3) is 2.36. The second-order valence-electron chi connectivity index (χ2n) is 6.58. The molecule has 0 fully saturated rings. The number of aromatic nitrogens is 1. The molecule has 3 heteroatoms. The lowest BCUT2D eigenvalue weighted by atomic mass is 9.84. The minimum Gasteiger partial charge on any atom is -0.354 e. The first kappa shape index (κ1) is 15.5. The number of carbonyl (C=O) groups is 2. The molecule has 1 heterocycles. The number of hydrogen-bond donors (Lipinski definition) is 1. The first-order valence-corrected chi connectivity index (χ1v) is 8.80. The lowest BCUT2D eigenvalue weighted by molar-refractivity contribution is 0.100. The van der Waals surface area contributed by atoms with Crippen LogP contribution in [0.25, 0.3) is 27.7 Å². The Morgan fingerprint density at radius 3 is 2.15 bits per heavy atom. The molecule has 0 bridgehead atoms. The molecule has 0 atom stereocenters. The molecule has 27 heavy (non-hydrogen) atoms. The van der Waals surface area contributed by atoms with Crippen LogP contribution < -0.4 is 0 Å². The highest BCUT2D eigenvalue weighted by molar-refractivity contribution is 6.40. The quantitative estimate of drug-likeness (QED) is 0.534. The molecular weight excluding hydrogens is 334 g/mol. The normalized spacial score (nSPS) is 13.6. The van der Waals surface area contributed by atoms with Crippen molar-refractivity contribution in [3.8, 4) is 11.3 Å². The molecule has 0 radical (unpaired) electrons. The van der Waals surface area contributed by atoms with E-state index in [0.29, 0.717) is 16.7 Å². The van der Waals surface area contributed by atoms with Crippen LogP contribution in [0.2, 0.25) is 0 Å². The van der Waals surface area contributed by atoms with Crippen LogP contribution >= 0.6 is 0 Å². The third-order valence-electron chi connectivity index (χ3n) is 5.00. The van der Waals surface area contributed by atoms with Gasteiger partial charge in [-0.3, -0.25) is 9.59 Å². The van der Waals surface area contributed by atoms with Crippen molar-refractivity contribution in [1.29, 1.82) is 0 Å². The summed E-state index contributed by atoms with van der Waals surface area (Å²) in [6, 6.07) is 24.7. The van der Waals surface area contributed by atoms with Crippen molar-refractivity contribution in [2.75, 3.05) is 0 Å². The number of Topliss-reactive ketones (excluding diaryl/α,β-unsaturated/α-hetero) is 1. The molecule has 0 unspecified atom stereocenters. The van der Waals surface area contributed by atoms with Gasteiger partial charge < -0.3 is 4.98 Å². The van der Waals surface area contributed by atoms with E-state index in [1.807, 2.05) is 54.6 Å². The monoisotopic (exact) mass is 349 g/mol. The summed E-state index contributed by atoms with van der Waals surface area (Å²) < 4.78 is 0. The Morgan fingerprint density at radius 1 is 0.667 bits per heavy atom. The van der Waals surface area contributed by atoms with Crippen LogP contribution in [0.5, 0.6) is 0 Å². The van der Waals surface area contributed by atoms with Gasteiger partial charge in [-0.05, 0) is 17.7 Å². The summed E-state index contributed by atoms with van der Waals surface area (Å²) >= 11 is 0. The van der Waals surface area contributed by atoms with E-state index in [0.717, 1.165) is 27.7 Å². The van der Waals surface area contributed by atoms with E-state index < -0.39 is 0 Å². The fourth-order valence-corrected chi connectivity index (χ4v) is 3.74. The summed E-state index contributed by atoms with van der Waals surface area (Å²) in [5, 5.41) is 0.933. The summed E-state index contributed by atoms with van der Waals surface area (Å²) in [5.41, 5.74) is 4.91. The maximum absolute atomic E-state index is 13.3. The van der Waals surface area contributed by atoms with Crippen LogP contribution in [0.4, 0.5) is 0 Å². The van der Waals surface area contributed by atoms with Crippen LogP contribution in [0, 0.1) is 0 Å². The van der Waals surface area contributed by atoms with Gasteiger partial charge in [-0.25, -0.2) is 0 Å². The zero-order valence-electron chi connectivity index (χ0n) is 14.4. The van der Waals surface area contributed by atoms with Crippen molar-refractivity contribution in [1.82, 2.24) is 4.98 Å². The highest BCUT2D eigenvalue weighted by Gasteiger charge is 2.29. The van der Waals surface area contributed by atoms with E-state index in [1.165, 1.54) is 6.08 Å². The fourth-order valence-electron chi connectivity index (χ4n) is 3.74. The maximum atomic E-state index is 13.3. The minimum absolute atomic E-state index is 0.118. The van der Waals surface area contributed by atoms with Crippen LogP contribution in [-0.4, -0.2) is 16.6 Å². The second kappa shape index (κ2) is 5.92. The molecular formula is C24H15NO2. The average Bonchev–Trinajstić information content (AvgIpc) is 3.11. The Morgan fingerprint density at radius 2 is 1.33 bits per heavy atom. The van der Waals surface area contributed by atoms with Crippen LogP contribution in [0.15, 0.2) is 84.9 Å². The summed E-state index contributed by atoms with van der Waals surface area (Å²) in [6.45, 7) is 0. The standard InChI is InChI=1S/C24H15NO2/c26-21-14-19(24(27)17-11-5-4-10-16(17)21)22-18-12-6-7-13-20(18)25-23(22)15-8-2-1-3-9-15/h1-14,25H. The highest BCUT2D eigenvalue weighted by Crippen LogP contribution is 2.38. The van der Waals surface area contributed by atoms with Gasteiger partial charge in [-0.1, -0.05) is 72.8 Å². The molecule has 3 nitrogen and oxygen atoms in total. The van der Waals surface area contributed by atoms with Gasteiger partial charge in [0.15, 0.2) is 11.6 Å². The number of rotatable bonds is 2. The van der Waals surface area contributed by atoms with Crippen LogP contribution in [-0.2, 0) is 0 Å². The molecule has 0 saturated carbocycles. The SMILES string of the molecule is O=C1C=C(c2c(-c3ccccc3)[nH]c3ccccc23)C(=O)c2ccccc21. The molecule has 4 aromatic rings. The number of aromatic amines is 1. The first-order chi connectivity index (χ1) is 13.2. The summed E-state index contributed by atoms with van der Waals surface area (Å²) in [4.78, 5) is 29.4. The van der Waals surface area contributed by atoms with E-state index in [-0.39, 0.29) is 11.6 Å². The molecule has 128 valence electrons. The summed E-state index contributed by atoms with van der Waals surface area (Å²) in [7, 11) is 0. The Balaban J connectivity index is 1.81. The molecule has 5 rings (SSSR count). The Hall–Kier alpha value is -3.72. The van der Waals surface area contributed by atoms with Gasteiger partial charge in [-0.2, -0.15) is 0 Å². The molecule has 1 aliphatic carbocycles. The molecule has 3 aromatic carbocycles. The van der Waals surface area contributed by atoms with Crippen LogP contribution in [0.3, 0.4) is 0 Å². The predicted octanol–water partition coefficient (Wildman–Crippen LogP) is 5.30. The second-order valence-corrected chi connectivity index (χ2v) is 6.58. The maximum Gasteiger partial charge on any atom is 0.194 e. The van der Waals surface area contributed by atoms with Gasteiger partial charge in [0.25, 0.3) is 0 Å². The predicted molar refractivity (Wildman–Crippen MR) is 107 cm³/mol. The van der Waals surface area contributed by atoms with E-state index in [2.05, 4.69) is 4.98 Å². The summed E-state index contributed by atoms with van der Waals surface area (Å²) in [5.74, 6) is -0.253. The van der Waals surface area contributed by atoms with Crippen molar-refractivity contribution in [3.63, 3.8) is 0 Å². The number of carbonyl (C=O) groups excluding carboxylic acids is 2. The van der Waals surface area contributed by atoms with Crippen LogP contribution in [0.1, 0.15) is 26.3 Å². The number of ketones is 2. The summed E-state index contributed by atoms with van der Waals surface area (Å²) in [6.07, 6.45) is 1.48. The van der Waals surface area contributed by atoms with Crippen molar-refractivity contribution >= 4 is 28.0 Å². The first-order valence-electron chi connectivity index (χ1n) is 8.80. The van der Waals surface area contributed by atoms with Crippen molar-refractivity contribution in [3.05, 3.63) is 102 Å². The largest absolute Gasteiger partial charge is 0.354 e. The van der Waals surface area contributed by atoms with Gasteiger partial charge in [0.2, 0.25) is 0 Å². The van der Waals surface area contributed by atoms with Gasteiger partial charge in [0.1, 0.15) is 0 Å². The lowest BCUT2D eigenvalue weighted by Crippen LogP contribution is -2.16. The van der Waals surface area contributed by atoms with E-state index in [9.17, 15) is 9.59 Å². The van der Waals surface area contributed by atoms with Crippen molar-refractivity contribution in [2.24, 2.45) is 0 Å². The van der Waals surface area contributed by atoms with Gasteiger partial charge in [0, 0.05) is 33.2 Å². The number of para-hydroxylation sites is 1. The highest BCUT2D eigenvalue weighted by atomic mass is 16.1. The third-order valence-corrected chi connectivity index (χ3v) is 5.00. The zero-order chi connectivity index (χ0) is 18.4. The molecule has 0 amide bonds. The van der Waals surface area contributed by atoms with Crippen molar-refractivity contribution < 1.29 is 9.59 Å². The zero-order valence-corrected chi connectivity index (χ0v) is 14.4. The Bertz CT molecular complexity index is 1250.